The van der Waals surface area contributed by atoms with E-state index in [9.17, 15) is 4.79 Å². The van der Waals surface area contributed by atoms with Gasteiger partial charge in [0.05, 0.1) is 0 Å². The van der Waals surface area contributed by atoms with Crippen LogP contribution in [-0.4, -0.2) is 31.8 Å². The Morgan fingerprint density at radius 3 is 2.77 bits per heavy atom. The molecule has 2 N–H and O–H groups in total. The number of amides is 2. The van der Waals surface area contributed by atoms with Crippen LogP contribution in [0, 0.1) is 5.92 Å². The van der Waals surface area contributed by atoms with Crippen molar-refractivity contribution in [3.8, 4) is 0 Å². The van der Waals surface area contributed by atoms with Crippen LogP contribution >= 0.6 is 0 Å². The highest BCUT2D eigenvalue weighted by atomic mass is 16.5. The molecule has 0 aromatic heterocycles. The van der Waals surface area contributed by atoms with Gasteiger partial charge in [0, 0.05) is 25.8 Å². The van der Waals surface area contributed by atoms with E-state index in [0.29, 0.717) is 11.8 Å². The van der Waals surface area contributed by atoms with Gasteiger partial charge in [0.15, 0.2) is 0 Å². The molecule has 1 saturated carbocycles. The zero-order valence-electron chi connectivity index (χ0n) is 13.1. The van der Waals surface area contributed by atoms with Gasteiger partial charge >= 0.3 is 6.03 Å². The van der Waals surface area contributed by atoms with Crippen molar-refractivity contribution in [2.75, 3.05) is 19.8 Å². The Morgan fingerprint density at radius 2 is 1.95 bits per heavy atom. The standard InChI is InChI=1S/C18H26N2O2/c21-18(20-17-7-4-9-22-10-8-17)19-13-14-11-16(12-14)15-5-2-1-3-6-15/h1-3,5-6,14,16-17H,4,7-13H2,(H2,19,20,21). The largest absolute Gasteiger partial charge is 0.381 e. The predicted molar refractivity (Wildman–Crippen MR) is 86.9 cm³/mol. The number of urea groups is 1. The number of nitrogens with one attached hydrogen (secondary N) is 2. The molecule has 1 aromatic carbocycles. The molecule has 1 aliphatic carbocycles. The monoisotopic (exact) mass is 302 g/mol. The quantitative estimate of drug-likeness (QED) is 0.898. The van der Waals surface area contributed by atoms with Crippen LogP contribution in [0.15, 0.2) is 30.3 Å². The number of hydrogen-bond acceptors (Lipinski definition) is 2. The SMILES string of the molecule is O=C(NCC1CC(c2ccccc2)C1)NC1CCCOCC1. The molecular weight excluding hydrogens is 276 g/mol. The van der Waals surface area contributed by atoms with Crippen molar-refractivity contribution in [3.05, 3.63) is 35.9 Å². The molecule has 1 atom stereocenters. The summed E-state index contributed by atoms with van der Waals surface area (Å²) in [6.45, 7) is 2.37. The van der Waals surface area contributed by atoms with Crippen LogP contribution in [0.4, 0.5) is 4.79 Å². The second kappa shape index (κ2) is 7.63. The minimum atomic E-state index is -0.0185. The lowest BCUT2D eigenvalue weighted by molar-refractivity contribution is 0.142. The highest BCUT2D eigenvalue weighted by Crippen LogP contribution is 2.40. The molecule has 0 bridgehead atoms. The molecule has 1 aromatic rings. The second-order valence-electron chi connectivity index (χ2n) is 6.54. The van der Waals surface area contributed by atoms with Gasteiger partial charge < -0.3 is 15.4 Å². The third kappa shape index (κ3) is 4.23. The molecule has 2 fully saturated rings. The number of hydrogen-bond donors (Lipinski definition) is 2. The number of carbonyl (C=O) groups is 1. The van der Waals surface area contributed by atoms with Crippen molar-refractivity contribution in [3.63, 3.8) is 0 Å². The third-order valence-electron chi connectivity index (χ3n) is 4.85. The smallest absolute Gasteiger partial charge is 0.315 e. The molecule has 0 radical (unpaired) electrons. The molecule has 1 saturated heterocycles. The van der Waals surface area contributed by atoms with Gasteiger partial charge in [-0.25, -0.2) is 4.79 Å². The normalized spacial score (nSPS) is 28.3. The molecule has 3 rings (SSSR count). The fourth-order valence-corrected chi connectivity index (χ4v) is 3.42. The van der Waals surface area contributed by atoms with E-state index in [-0.39, 0.29) is 12.1 Å². The minimum absolute atomic E-state index is 0.0185. The van der Waals surface area contributed by atoms with Crippen molar-refractivity contribution in [2.45, 2.75) is 44.1 Å². The Morgan fingerprint density at radius 1 is 1.14 bits per heavy atom. The second-order valence-corrected chi connectivity index (χ2v) is 6.54. The van der Waals surface area contributed by atoms with Gasteiger partial charge in [0.25, 0.3) is 0 Å². The maximum absolute atomic E-state index is 12.0. The molecule has 2 amide bonds. The summed E-state index contributed by atoms with van der Waals surface area (Å²) in [5, 5.41) is 6.11. The van der Waals surface area contributed by atoms with Crippen molar-refractivity contribution >= 4 is 6.03 Å². The van der Waals surface area contributed by atoms with Gasteiger partial charge in [-0.15, -0.1) is 0 Å². The van der Waals surface area contributed by atoms with Crippen LogP contribution in [0.25, 0.3) is 0 Å². The summed E-state index contributed by atoms with van der Waals surface area (Å²) in [7, 11) is 0. The Labute approximate surface area is 132 Å². The maximum Gasteiger partial charge on any atom is 0.315 e. The van der Waals surface area contributed by atoms with Gasteiger partial charge in [0.2, 0.25) is 0 Å². The summed E-state index contributed by atoms with van der Waals surface area (Å²) in [5.74, 6) is 1.29. The summed E-state index contributed by atoms with van der Waals surface area (Å²) in [6.07, 6.45) is 5.34. The minimum Gasteiger partial charge on any atom is -0.381 e. The van der Waals surface area contributed by atoms with E-state index in [1.165, 1.54) is 18.4 Å². The van der Waals surface area contributed by atoms with Crippen LogP contribution in [0.3, 0.4) is 0 Å². The first-order valence-electron chi connectivity index (χ1n) is 8.48. The maximum atomic E-state index is 12.0. The van der Waals surface area contributed by atoms with E-state index in [2.05, 4.69) is 41.0 Å². The first-order valence-corrected chi connectivity index (χ1v) is 8.48. The molecule has 1 heterocycles. The first-order chi connectivity index (χ1) is 10.8. The van der Waals surface area contributed by atoms with Crippen LogP contribution in [0.1, 0.15) is 43.6 Å². The van der Waals surface area contributed by atoms with E-state index in [1.54, 1.807) is 0 Å². The molecule has 1 unspecified atom stereocenters. The third-order valence-corrected chi connectivity index (χ3v) is 4.85. The molecule has 0 spiro atoms. The topological polar surface area (TPSA) is 50.4 Å². The highest BCUT2D eigenvalue weighted by molar-refractivity contribution is 5.74. The Balaban J connectivity index is 1.33. The molecule has 2 aliphatic rings. The lowest BCUT2D eigenvalue weighted by Crippen LogP contribution is -2.45. The molecule has 4 nitrogen and oxygen atoms in total. The fourth-order valence-electron chi connectivity index (χ4n) is 3.42. The number of ether oxygens (including phenoxy) is 1. The molecule has 22 heavy (non-hydrogen) atoms. The molecular formula is C18H26N2O2. The van der Waals surface area contributed by atoms with Crippen LogP contribution in [0.2, 0.25) is 0 Å². The van der Waals surface area contributed by atoms with Gasteiger partial charge in [0.1, 0.15) is 0 Å². The van der Waals surface area contributed by atoms with E-state index >= 15 is 0 Å². The van der Waals surface area contributed by atoms with Crippen LogP contribution in [-0.2, 0) is 4.74 Å². The van der Waals surface area contributed by atoms with Crippen molar-refractivity contribution in [1.29, 1.82) is 0 Å². The Bertz CT molecular complexity index is 463. The zero-order valence-corrected chi connectivity index (χ0v) is 13.1. The zero-order chi connectivity index (χ0) is 15.2. The van der Waals surface area contributed by atoms with Gasteiger partial charge in [-0.05, 0) is 49.5 Å². The van der Waals surface area contributed by atoms with E-state index in [4.69, 9.17) is 4.74 Å². The van der Waals surface area contributed by atoms with Crippen LogP contribution in [0.5, 0.6) is 0 Å². The van der Waals surface area contributed by atoms with Gasteiger partial charge in [-0.1, -0.05) is 30.3 Å². The van der Waals surface area contributed by atoms with Crippen molar-refractivity contribution in [2.24, 2.45) is 5.92 Å². The number of carbonyl (C=O) groups excluding carboxylic acids is 1. The molecule has 4 heteroatoms. The first kappa shape index (κ1) is 15.3. The van der Waals surface area contributed by atoms with E-state index < -0.39 is 0 Å². The molecule has 1 aliphatic heterocycles. The van der Waals surface area contributed by atoms with Gasteiger partial charge in [-0.3, -0.25) is 0 Å². The lowest BCUT2D eigenvalue weighted by atomic mass is 9.71. The summed E-state index contributed by atoms with van der Waals surface area (Å²) in [4.78, 5) is 12.0. The van der Waals surface area contributed by atoms with Crippen molar-refractivity contribution < 1.29 is 9.53 Å². The number of rotatable bonds is 4. The average Bonchev–Trinajstić information content (AvgIpc) is 2.75. The average molecular weight is 302 g/mol. The summed E-state index contributed by atoms with van der Waals surface area (Å²) < 4.78 is 5.41. The predicted octanol–water partition coefficient (Wildman–Crippen LogP) is 3.05. The van der Waals surface area contributed by atoms with Crippen LogP contribution < -0.4 is 10.6 Å². The van der Waals surface area contributed by atoms with Gasteiger partial charge in [-0.2, -0.15) is 0 Å². The van der Waals surface area contributed by atoms with Crippen molar-refractivity contribution in [1.82, 2.24) is 10.6 Å². The lowest BCUT2D eigenvalue weighted by Gasteiger charge is -2.36. The summed E-state index contributed by atoms with van der Waals surface area (Å²) >= 11 is 0. The van der Waals surface area contributed by atoms with E-state index in [0.717, 1.165) is 39.0 Å². The van der Waals surface area contributed by atoms with E-state index in [1.807, 2.05) is 0 Å². The number of benzene rings is 1. The highest BCUT2D eigenvalue weighted by Gasteiger charge is 2.30. The Kier molecular flexibility index (Phi) is 5.33. The Hall–Kier alpha value is -1.55. The summed E-state index contributed by atoms with van der Waals surface area (Å²) in [6, 6.07) is 10.9. The molecule has 120 valence electrons. The fraction of sp³-hybridized carbons (Fsp3) is 0.611. The summed E-state index contributed by atoms with van der Waals surface area (Å²) in [5.41, 5.74) is 1.43.